The molecule has 1 aliphatic rings. The molecule has 3 atom stereocenters. The summed E-state index contributed by atoms with van der Waals surface area (Å²) in [7, 11) is 0. The van der Waals surface area contributed by atoms with Crippen LogP contribution in [0.25, 0.3) is 0 Å². The summed E-state index contributed by atoms with van der Waals surface area (Å²) < 4.78 is 0. The Labute approximate surface area is 123 Å². The fourth-order valence-electron chi connectivity index (χ4n) is 2.33. The van der Waals surface area contributed by atoms with Crippen LogP contribution in [0.5, 0.6) is 0 Å². The third kappa shape index (κ3) is 3.74. The van der Waals surface area contributed by atoms with Crippen molar-refractivity contribution in [3.05, 3.63) is 47.0 Å². The highest BCUT2D eigenvalue weighted by Crippen LogP contribution is 2.22. The van der Waals surface area contributed by atoms with Gasteiger partial charge in [0.05, 0.1) is 6.04 Å². The van der Waals surface area contributed by atoms with Crippen molar-refractivity contribution in [2.45, 2.75) is 25.4 Å². The molecule has 0 saturated heterocycles. The first-order valence-corrected chi connectivity index (χ1v) is 7.08. The predicted octanol–water partition coefficient (Wildman–Crippen LogP) is 2.64. The number of carbonyl (C=O) groups is 1. The molecule has 1 aromatic rings. The van der Waals surface area contributed by atoms with Crippen molar-refractivity contribution in [3.63, 3.8) is 0 Å². The van der Waals surface area contributed by atoms with Crippen molar-refractivity contribution in [1.29, 1.82) is 0 Å². The molecule has 1 aliphatic carbocycles. The van der Waals surface area contributed by atoms with E-state index in [9.17, 15) is 4.79 Å². The van der Waals surface area contributed by atoms with Crippen molar-refractivity contribution in [3.8, 4) is 0 Å². The predicted molar refractivity (Wildman–Crippen MR) is 79.7 cm³/mol. The molecular weight excluding hydrogens is 276 g/mol. The first kappa shape index (κ1) is 14.9. The molecule has 0 aromatic heterocycles. The molecule has 3 N–H and O–H groups in total. The smallest absolute Gasteiger partial charge is 0.315 e. The lowest BCUT2D eigenvalue weighted by atomic mass is 10.1. The zero-order valence-corrected chi connectivity index (χ0v) is 12.1. The van der Waals surface area contributed by atoms with E-state index in [2.05, 4.69) is 10.6 Å². The van der Waals surface area contributed by atoms with Crippen LogP contribution >= 0.6 is 11.6 Å². The Kier molecular flexibility index (Phi) is 5.04. The highest BCUT2D eigenvalue weighted by Gasteiger charge is 2.20. The molecule has 0 bridgehead atoms. The van der Waals surface area contributed by atoms with Gasteiger partial charge in [0.1, 0.15) is 0 Å². The van der Waals surface area contributed by atoms with Gasteiger partial charge in [-0.2, -0.15) is 0 Å². The van der Waals surface area contributed by atoms with Crippen LogP contribution in [0.2, 0.25) is 5.02 Å². The summed E-state index contributed by atoms with van der Waals surface area (Å²) in [6.07, 6.45) is 4.59. The number of urea groups is 1. The van der Waals surface area contributed by atoms with Gasteiger partial charge >= 0.3 is 6.03 Å². The van der Waals surface area contributed by atoms with Gasteiger partial charge < -0.3 is 15.7 Å². The van der Waals surface area contributed by atoms with E-state index in [0.717, 1.165) is 12.0 Å². The number of hydrogen-bond donors (Lipinski definition) is 3. The molecule has 0 spiro atoms. The summed E-state index contributed by atoms with van der Waals surface area (Å²) in [5, 5.41) is 15.4. The molecule has 0 radical (unpaired) electrons. The first-order valence-electron chi connectivity index (χ1n) is 6.70. The largest absolute Gasteiger partial charge is 0.396 e. The Balaban J connectivity index is 1.86. The van der Waals surface area contributed by atoms with Crippen LogP contribution in [0.4, 0.5) is 4.79 Å². The standard InChI is InChI=1S/C15H19ClN2O2/c1-10(13-4-2-3-5-14(13)16)17-15(20)18-12-7-6-11(8-12)9-19/h2-7,10-12,19H,8-9H2,1H3,(H2,17,18,20)/t10?,11-,12+/m0/s1. The number of aliphatic hydroxyl groups excluding tert-OH is 1. The van der Waals surface area contributed by atoms with E-state index in [1.165, 1.54) is 0 Å². The number of aliphatic hydroxyl groups is 1. The minimum atomic E-state index is -0.231. The van der Waals surface area contributed by atoms with Crippen molar-refractivity contribution >= 4 is 17.6 Å². The lowest BCUT2D eigenvalue weighted by Gasteiger charge is -2.18. The number of carbonyl (C=O) groups excluding carboxylic acids is 1. The summed E-state index contributed by atoms with van der Waals surface area (Å²) in [6, 6.07) is 7.03. The van der Waals surface area contributed by atoms with Crippen LogP contribution in [-0.2, 0) is 0 Å². The summed E-state index contributed by atoms with van der Waals surface area (Å²) in [5.41, 5.74) is 0.888. The molecule has 2 rings (SSSR count). The molecule has 1 unspecified atom stereocenters. The minimum absolute atomic E-state index is 0.0226. The van der Waals surface area contributed by atoms with Crippen molar-refractivity contribution in [2.24, 2.45) is 5.92 Å². The van der Waals surface area contributed by atoms with Crippen molar-refractivity contribution in [2.75, 3.05) is 6.61 Å². The lowest BCUT2D eigenvalue weighted by molar-refractivity contribution is 0.229. The van der Waals surface area contributed by atoms with Crippen LogP contribution in [0.3, 0.4) is 0 Å². The number of halogens is 1. The third-order valence-corrected chi connectivity index (χ3v) is 3.79. The highest BCUT2D eigenvalue weighted by atomic mass is 35.5. The Bertz CT molecular complexity index is 504. The van der Waals surface area contributed by atoms with Gasteiger partial charge in [0.2, 0.25) is 0 Å². The Morgan fingerprint density at radius 1 is 1.45 bits per heavy atom. The number of benzene rings is 1. The zero-order chi connectivity index (χ0) is 14.5. The Hall–Kier alpha value is -1.52. The maximum atomic E-state index is 11.9. The van der Waals surface area contributed by atoms with E-state index in [4.69, 9.17) is 16.7 Å². The molecular formula is C15H19ClN2O2. The molecule has 0 fully saturated rings. The summed E-state index contributed by atoms with van der Waals surface area (Å²) in [5.74, 6) is 0.140. The lowest BCUT2D eigenvalue weighted by Crippen LogP contribution is -2.42. The zero-order valence-electron chi connectivity index (χ0n) is 11.3. The molecule has 20 heavy (non-hydrogen) atoms. The van der Waals surface area contributed by atoms with Crippen molar-refractivity contribution in [1.82, 2.24) is 10.6 Å². The molecule has 108 valence electrons. The number of rotatable bonds is 4. The summed E-state index contributed by atoms with van der Waals surface area (Å²) in [6.45, 7) is 2.01. The number of amides is 2. The van der Waals surface area contributed by atoms with E-state index < -0.39 is 0 Å². The van der Waals surface area contributed by atoms with Crippen LogP contribution < -0.4 is 10.6 Å². The quantitative estimate of drug-likeness (QED) is 0.748. The number of nitrogens with one attached hydrogen (secondary N) is 2. The molecule has 2 amide bonds. The average molecular weight is 295 g/mol. The fourth-order valence-corrected chi connectivity index (χ4v) is 2.63. The van der Waals surface area contributed by atoms with Gasteiger partial charge in [0.25, 0.3) is 0 Å². The topological polar surface area (TPSA) is 61.4 Å². The molecule has 0 aliphatic heterocycles. The van der Waals surface area contributed by atoms with Gasteiger partial charge in [-0.1, -0.05) is 42.0 Å². The number of hydrogen-bond acceptors (Lipinski definition) is 2. The second-order valence-corrected chi connectivity index (χ2v) is 5.44. The molecule has 1 aromatic carbocycles. The molecule has 0 heterocycles. The minimum Gasteiger partial charge on any atom is -0.396 e. The van der Waals surface area contributed by atoms with Gasteiger partial charge in [-0.25, -0.2) is 4.79 Å². The molecule has 4 nitrogen and oxygen atoms in total. The molecule has 0 saturated carbocycles. The average Bonchev–Trinajstić information content (AvgIpc) is 2.86. The summed E-state index contributed by atoms with van der Waals surface area (Å²) in [4.78, 5) is 11.9. The van der Waals surface area contributed by atoms with E-state index in [-0.39, 0.29) is 30.6 Å². The van der Waals surface area contributed by atoms with E-state index in [1.54, 1.807) is 6.07 Å². The monoisotopic (exact) mass is 294 g/mol. The van der Waals surface area contributed by atoms with Gasteiger partial charge in [-0.05, 0) is 25.0 Å². The fraction of sp³-hybridized carbons (Fsp3) is 0.400. The van der Waals surface area contributed by atoms with Crippen LogP contribution in [0.1, 0.15) is 24.9 Å². The van der Waals surface area contributed by atoms with Gasteiger partial charge in [-0.15, -0.1) is 0 Å². The van der Waals surface area contributed by atoms with Crippen LogP contribution in [0, 0.1) is 5.92 Å². The normalized spacial score (nSPS) is 22.6. The summed E-state index contributed by atoms with van der Waals surface area (Å²) >= 11 is 6.10. The second kappa shape index (κ2) is 6.77. The van der Waals surface area contributed by atoms with Gasteiger partial charge in [0, 0.05) is 23.6 Å². The Morgan fingerprint density at radius 3 is 2.85 bits per heavy atom. The van der Waals surface area contributed by atoms with Crippen LogP contribution in [0.15, 0.2) is 36.4 Å². The van der Waals surface area contributed by atoms with Crippen molar-refractivity contribution < 1.29 is 9.90 Å². The highest BCUT2D eigenvalue weighted by molar-refractivity contribution is 6.31. The SMILES string of the molecule is CC(NC(=O)N[C@@H]1C=C[C@H](CO)C1)c1ccccc1Cl. The maximum Gasteiger partial charge on any atom is 0.315 e. The third-order valence-electron chi connectivity index (χ3n) is 3.44. The van der Waals surface area contributed by atoms with E-state index in [1.807, 2.05) is 37.3 Å². The van der Waals surface area contributed by atoms with E-state index >= 15 is 0 Å². The molecule has 5 heteroatoms. The van der Waals surface area contributed by atoms with Gasteiger partial charge in [-0.3, -0.25) is 0 Å². The van der Waals surface area contributed by atoms with E-state index in [0.29, 0.717) is 5.02 Å². The second-order valence-electron chi connectivity index (χ2n) is 5.03. The Morgan fingerprint density at radius 2 is 2.20 bits per heavy atom. The maximum absolute atomic E-state index is 11.9. The van der Waals surface area contributed by atoms with Gasteiger partial charge in [0.15, 0.2) is 0 Å². The van der Waals surface area contributed by atoms with Crippen LogP contribution in [-0.4, -0.2) is 23.8 Å². The first-order chi connectivity index (χ1) is 9.60.